The van der Waals surface area contributed by atoms with E-state index in [0.717, 1.165) is 41.9 Å². The minimum atomic E-state index is -3.54. The smallest absolute Gasteiger partial charge is 0.242 e. The van der Waals surface area contributed by atoms with Gasteiger partial charge < -0.3 is 9.88 Å². The first-order valence-corrected chi connectivity index (χ1v) is 13.3. The van der Waals surface area contributed by atoms with Crippen molar-refractivity contribution in [3.63, 3.8) is 0 Å². The number of unbranched alkanes of at least 4 members (excludes halogenated alkanes) is 1. The van der Waals surface area contributed by atoms with Crippen LogP contribution in [0.15, 0.2) is 41.3 Å². The Morgan fingerprint density at radius 1 is 1.15 bits per heavy atom. The number of nitrogens with zero attached hydrogens (tertiary/aromatic N) is 3. The molecule has 184 valence electrons. The molecule has 1 heterocycles. The summed E-state index contributed by atoms with van der Waals surface area (Å²) in [6, 6.07) is 11.3. The van der Waals surface area contributed by atoms with Crippen LogP contribution in [-0.4, -0.2) is 42.3 Å². The van der Waals surface area contributed by atoms with Crippen LogP contribution in [0.5, 0.6) is 0 Å². The van der Waals surface area contributed by atoms with E-state index in [4.69, 9.17) is 4.98 Å². The van der Waals surface area contributed by atoms with E-state index in [2.05, 4.69) is 41.9 Å². The van der Waals surface area contributed by atoms with E-state index in [-0.39, 0.29) is 16.8 Å². The summed E-state index contributed by atoms with van der Waals surface area (Å²) in [5.74, 6) is 0.774. The number of aryl methyl sites for hydroxylation is 4. The van der Waals surface area contributed by atoms with Gasteiger partial charge in [-0.15, -0.1) is 0 Å². The fourth-order valence-corrected chi connectivity index (χ4v) is 5.05. The van der Waals surface area contributed by atoms with E-state index < -0.39 is 10.0 Å². The zero-order valence-corrected chi connectivity index (χ0v) is 21.9. The van der Waals surface area contributed by atoms with Crippen molar-refractivity contribution >= 4 is 27.0 Å². The summed E-state index contributed by atoms with van der Waals surface area (Å²) in [6.07, 6.45) is 2.80. The number of fused-ring (bicyclic) bond motifs is 1. The number of carbonyl (C=O) groups excluding carboxylic acids is 1. The second-order valence-corrected chi connectivity index (χ2v) is 11.3. The molecule has 0 saturated heterocycles. The van der Waals surface area contributed by atoms with Crippen molar-refractivity contribution in [3.8, 4) is 0 Å². The van der Waals surface area contributed by atoms with Crippen LogP contribution in [0.4, 0.5) is 0 Å². The van der Waals surface area contributed by atoms with E-state index in [1.807, 2.05) is 19.9 Å². The molecule has 0 bridgehead atoms. The lowest BCUT2D eigenvalue weighted by Crippen LogP contribution is -2.27. The largest absolute Gasteiger partial charge is 0.350 e. The number of carbonyl (C=O) groups is 1. The first-order valence-electron chi connectivity index (χ1n) is 11.8. The SMILES string of the molecule is CCCCn1c(CCC(=O)NC(C)c2cc(C)ccc2C)nc2cc(S(=O)(=O)N(C)C)ccc21. The molecule has 0 spiro atoms. The lowest BCUT2D eigenvalue weighted by atomic mass is 10.00. The highest BCUT2D eigenvalue weighted by atomic mass is 32.2. The topological polar surface area (TPSA) is 84.3 Å². The number of hydrogen-bond acceptors (Lipinski definition) is 4. The minimum absolute atomic E-state index is 0.0293. The molecule has 34 heavy (non-hydrogen) atoms. The zero-order chi connectivity index (χ0) is 25.0. The third-order valence-corrected chi connectivity index (χ3v) is 7.98. The highest BCUT2D eigenvalue weighted by Gasteiger charge is 2.20. The van der Waals surface area contributed by atoms with Crippen molar-refractivity contribution in [2.45, 2.75) is 70.9 Å². The number of rotatable bonds is 10. The average molecular weight is 485 g/mol. The van der Waals surface area contributed by atoms with Gasteiger partial charge >= 0.3 is 0 Å². The molecule has 0 aliphatic heterocycles. The van der Waals surface area contributed by atoms with Gasteiger partial charge in [0.05, 0.1) is 22.0 Å². The molecular weight excluding hydrogens is 448 g/mol. The molecule has 3 rings (SSSR count). The van der Waals surface area contributed by atoms with Gasteiger partial charge in [0.1, 0.15) is 5.82 Å². The highest BCUT2D eigenvalue weighted by molar-refractivity contribution is 7.89. The van der Waals surface area contributed by atoms with E-state index >= 15 is 0 Å². The summed E-state index contributed by atoms with van der Waals surface area (Å²) < 4.78 is 28.4. The first-order chi connectivity index (χ1) is 16.0. The molecule has 1 N–H and O–H groups in total. The Bertz CT molecular complexity index is 1280. The van der Waals surface area contributed by atoms with Crippen molar-refractivity contribution in [1.29, 1.82) is 0 Å². The molecule has 0 radical (unpaired) electrons. The van der Waals surface area contributed by atoms with Gasteiger partial charge in [-0.25, -0.2) is 17.7 Å². The normalized spacial score (nSPS) is 12.9. The lowest BCUT2D eigenvalue weighted by molar-refractivity contribution is -0.121. The second-order valence-electron chi connectivity index (χ2n) is 9.12. The number of hydrogen-bond donors (Lipinski definition) is 1. The van der Waals surface area contributed by atoms with Crippen LogP contribution >= 0.6 is 0 Å². The highest BCUT2D eigenvalue weighted by Crippen LogP contribution is 2.24. The maximum atomic E-state index is 12.8. The number of nitrogens with one attached hydrogen (secondary N) is 1. The maximum Gasteiger partial charge on any atom is 0.242 e. The summed E-state index contributed by atoms with van der Waals surface area (Å²) in [5, 5.41) is 3.11. The zero-order valence-electron chi connectivity index (χ0n) is 21.1. The Balaban J connectivity index is 1.80. The quantitative estimate of drug-likeness (QED) is 0.459. The number of benzene rings is 2. The lowest BCUT2D eigenvalue weighted by Gasteiger charge is -2.17. The van der Waals surface area contributed by atoms with Crippen LogP contribution in [0.3, 0.4) is 0 Å². The van der Waals surface area contributed by atoms with Gasteiger partial charge in [-0.2, -0.15) is 0 Å². The Kier molecular flexibility index (Phi) is 8.15. The van der Waals surface area contributed by atoms with Crippen LogP contribution < -0.4 is 5.32 Å². The van der Waals surface area contributed by atoms with E-state index in [1.165, 1.54) is 24.0 Å². The second kappa shape index (κ2) is 10.7. The predicted molar refractivity (Wildman–Crippen MR) is 136 cm³/mol. The number of amides is 1. The van der Waals surface area contributed by atoms with Gasteiger partial charge in [-0.1, -0.05) is 37.1 Å². The van der Waals surface area contributed by atoms with Crippen LogP contribution in [0, 0.1) is 13.8 Å². The molecule has 2 aromatic carbocycles. The van der Waals surface area contributed by atoms with E-state index in [1.54, 1.807) is 12.1 Å². The van der Waals surface area contributed by atoms with Crippen LogP contribution in [0.1, 0.15) is 61.7 Å². The number of aromatic nitrogens is 2. The van der Waals surface area contributed by atoms with Crippen molar-refractivity contribution in [3.05, 3.63) is 58.9 Å². The number of sulfonamides is 1. The summed E-state index contributed by atoms with van der Waals surface area (Å²) in [7, 11) is -0.508. The fraction of sp³-hybridized carbons (Fsp3) is 0.462. The van der Waals surface area contributed by atoms with E-state index in [0.29, 0.717) is 18.4 Å². The molecule has 8 heteroatoms. The van der Waals surface area contributed by atoms with Gasteiger partial charge in [0.25, 0.3) is 0 Å². The third-order valence-electron chi connectivity index (χ3n) is 6.17. The van der Waals surface area contributed by atoms with Crippen LogP contribution in [-0.2, 0) is 27.8 Å². The van der Waals surface area contributed by atoms with Crippen molar-refractivity contribution in [2.24, 2.45) is 0 Å². The Hall–Kier alpha value is -2.71. The third kappa shape index (κ3) is 5.67. The molecule has 7 nitrogen and oxygen atoms in total. The Morgan fingerprint density at radius 3 is 2.56 bits per heavy atom. The molecule has 1 unspecified atom stereocenters. The maximum absolute atomic E-state index is 12.8. The molecule has 0 saturated carbocycles. The summed E-state index contributed by atoms with van der Waals surface area (Å²) in [4.78, 5) is 17.7. The predicted octanol–water partition coefficient (Wildman–Crippen LogP) is 4.51. The molecule has 1 aromatic heterocycles. The monoisotopic (exact) mass is 484 g/mol. The molecule has 0 fully saturated rings. The van der Waals surface area contributed by atoms with Crippen LogP contribution in [0.25, 0.3) is 11.0 Å². The summed E-state index contributed by atoms with van der Waals surface area (Å²) in [6.45, 7) is 9.01. The molecule has 0 aliphatic rings. The summed E-state index contributed by atoms with van der Waals surface area (Å²) >= 11 is 0. The van der Waals surface area contributed by atoms with Crippen molar-refractivity contribution in [2.75, 3.05) is 14.1 Å². The Labute approximate surface area is 203 Å². The molecular formula is C26H36N4O3S. The molecule has 0 aliphatic carbocycles. The summed E-state index contributed by atoms with van der Waals surface area (Å²) in [5.41, 5.74) is 4.98. The van der Waals surface area contributed by atoms with Gasteiger partial charge in [0, 0.05) is 33.5 Å². The van der Waals surface area contributed by atoms with E-state index in [9.17, 15) is 13.2 Å². The molecule has 1 atom stereocenters. The van der Waals surface area contributed by atoms with Gasteiger partial charge in [-0.3, -0.25) is 4.79 Å². The van der Waals surface area contributed by atoms with Crippen LogP contribution in [0.2, 0.25) is 0 Å². The molecule has 3 aromatic rings. The van der Waals surface area contributed by atoms with Crippen molar-refractivity contribution < 1.29 is 13.2 Å². The van der Waals surface area contributed by atoms with Crippen molar-refractivity contribution in [1.82, 2.24) is 19.2 Å². The Morgan fingerprint density at radius 2 is 1.88 bits per heavy atom. The van der Waals surface area contributed by atoms with Gasteiger partial charge in [-0.05, 0) is 56.5 Å². The number of imidazole rings is 1. The minimum Gasteiger partial charge on any atom is -0.350 e. The first kappa shape index (κ1) is 25.9. The fourth-order valence-electron chi connectivity index (χ4n) is 4.13. The average Bonchev–Trinajstić information content (AvgIpc) is 3.14. The molecule has 1 amide bonds. The van der Waals surface area contributed by atoms with Gasteiger partial charge in [0.15, 0.2) is 0 Å². The van der Waals surface area contributed by atoms with Gasteiger partial charge in [0.2, 0.25) is 15.9 Å². The standard InChI is InChI=1S/C26H36N4O3S/c1-7-8-15-30-24-12-11-21(34(32,33)29(5)6)17-23(24)28-25(30)13-14-26(31)27-20(4)22-16-18(2)9-10-19(22)3/h9-12,16-17,20H,7-8,13-15H2,1-6H3,(H,27,31).